The van der Waals surface area contributed by atoms with Crippen molar-refractivity contribution in [1.82, 2.24) is 30.4 Å². The van der Waals surface area contributed by atoms with Gasteiger partial charge in [0.15, 0.2) is 6.61 Å². The molecule has 0 saturated heterocycles. The highest BCUT2D eigenvalue weighted by Gasteiger charge is 2.37. The number of ether oxygens (including phenoxy) is 1. The number of alkyl halides is 3. The van der Waals surface area contributed by atoms with Gasteiger partial charge in [0, 0.05) is 17.8 Å². The summed E-state index contributed by atoms with van der Waals surface area (Å²) < 4.78 is 45.1. The highest BCUT2D eigenvalue weighted by molar-refractivity contribution is 5.82. The molecule has 176 valence electrons. The van der Waals surface area contributed by atoms with E-state index < -0.39 is 23.8 Å². The smallest absolute Gasteiger partial charge is 0.453 e. The van der Waals surface area contributed by atoms with Crippen molar-refractivity contribution in [2.75, 3.05) is 6.61 Å². The Bertz CT molecular complexity index is 1210. The Hall–Kier alpha value is -3.70. The normalized spacial score (nSPS) is 11.5. The van der Waals surface area contributed by atoms with Gasteiger partial charge in [-0.05, 0) is 62.9 Å². The van der Waals surface area contributed by atoms with E-state index in [1.807, 2.05) is 26.0 Å². The molecule has 1 aromatic carbocycles. The van der Waals surface area contributed by atoms with Crippen LogP contribution in [0.4, 0.5) is 13.2 Å². The summed E-state index contributed by atoms with van der Waals surface area (Å²) in [6.07, 6.45) is -4.54. The number of hydrogen-bond acceptors (Lipinski definition) is 6. The number of amides is 2. The quantitative estimate of drug-likeness (QED) is 0.543. The number of aromatic nitrogens is 4. The van der Waals surface area contributed by atoms with Crippen LogP contribution in [0.1, 0.15) is 40.3 Å². The number of rotatable bonds is 6. The van der Waals surface area contributed by atoms with E-state index in [0.717, 1.165) is 15.6 Å². The second-order valence-electron chi connectivity index (χ2n) is 7.54. The average molecular weight is 464 g/mol. The molecule has 0 spiro atoms. The van der Waals surface area contributed by atoms with E-state index >= 15 is 0 Å². The SMILES string of the molecule is Cc1ccc(OCC(=O)NNC(=O)CCc2c(C)nc3nc(C(F)(F)F)nn3c2C)cc1C. The number of nitrogens with one attached hydrogen (secondary N) is 2. The van der Waals surface area contributed by atoms with Gasteiger partial charge in [0.05, 0.1) is 0 Å². The molecule has 0 atom stereocenters. The zero-order valence-electron chi connectivity index (χ0n) is 18.5. The molecule has 33 heavy (non-hydrogen) atoms. The molecule has 2 heterocycles. The Labute approximate surface area is 187 Å². The summed E-state index contributed by atoms with van der Waals surface area (Å²) in [5.74, 6) is -1.93. The van der Waals surface area contributed by atoms with Crippen molar-refractivity contribution < 1.29 is 27.5 Å². The lowest BCUT2D eigenvalue weighted by molar-refractivity contribution is -0.144. The summed E-state index contributed by atoms with van der Waals surface area (Å²) in [5.41, 5.74) is 8.09. The third-order valence-corrected chi connectivity index (χ3v) is 5.09. The van der Waals surface area contributed by atoms with Gasteiger partial charge in [-0.3, -0.25) is 20.4 Å². The molecular formula is C21H23F3N6O3. The second-order valence-corrected chi connectivity index (χ2v) is 7.54. The van der Waals surface area contributed by atoms with Crippen molar-refractivity contribution in [1.29, 1.82) is 0 Å². The topological polar surface area (TPSA) is 111 Å². The fourth-order valence-corrected chi connectivity index (χ4v) is 3.12. The predicted octanol–water partition coefficient (Wildman–Crippen LogP) is 2.54. The van der Waals surface area contributed by atoms with Crippen LogP contribution in [-0.2, 0) is 22.2 Å². The maximum atomic E-state index is 12.9. The summed E-state index contributed by atoms with van der Waals surface area (Å²) >= 11 is 0. The highest BCUT2D eigenvalue weighted by atomic mass is 19.4. The van der Waals surface area contributed by atoms with Crippen LogP contribution in [0.2, 0.25) is 0 Å². The molecule has 12 heteroatoms. The molecule has 0 radical (unpaired) electrons. The lowest BCUT2D eigenvalue weighted by Crippen LogP contribution is -2.43. The Morgan fingerprint density at radius 2 is 1.73 bits per heavy atom. The molecule has 2 N–H and O–H groups in total. The number of fused-ring (bicyclic) bond motifs is 1. The fraction of sp³-hybridized carbons (Fsp3) is 0.381. The van der Waals surface area contributed by atoms with E-state index in [0.29, 0.717) is 22.7 Å². The van der Waals surface area contributed by atoms with E-state index in [1.54, 1.807) is 19.9 Å². The van der Waals surface area contributed by atoms with Gasteiger partial charge in [0.25, 0.3) is 17.5 Å². The minimum Gasteiger partial charge on any atom is -0.484 e. The zero-order valence-corrected chi connectivity index (χ0v) is 18.5. The molecule has 0 unspecified atom stereocenters. The number of aryl methyl sites for hydroxylation is 4. The van der Waals surface area contributed by atoms with E-state index in [-0.39, 0.29) is 25.2 Å². The van der Waals surface area contributed by atoms with Gasteiger partial charge in [0.1, 0.15) is 5.75 Å². The summed E-state index contributed by atoms with van der Waals surface area (Å²) in [6, 6.07) is 5.43. The van der Waals surface area contributed by atoms with Crippen LogP contribution in [0, 0.1) is 27.7 Å². The molecule has 0 aliphatic heterocycles. The minimum absolute atomic E-state index is 0.0337. The van der Waals surface area contributed by atoms with Crippen LogP contribution in [0.25, 0.3) is 5.78 Å². The van der Waals surface area contributed by atoms with Crippen molar-refractivity contribution >= 4 is 17.6 Å². The molecule has 2 amide bonds. The fourth-order valence-electron chi connectivity index (χ4n) is 3.12. The van der Waals surface area contributed by atoms with Crippen molar-refractivity contribution in [3.8, 4) is 5.75 Å². The zero-order chi connectivity index (χ0) is 24.3. The predicted molar refractivity (Wildman–Crippen MR) is 111 cm³/mol. The van der Waals surface area contributed by atoms with Gasteiger partial charge in [-0.1, -0.05) is 6.07 Å². The van der Waals surface area contributed by atoms with Crippen molar-refractivity contribution in [2.24, 2.45) is 0 Å². The molecule has 0 aliphatic rings. The lowest BCUT2D eigenvalue weighted by Gasteiger charge is -2.11. The van der Waals surface area contributed by atoms with Gasteiger partial charge in [-0.25, -0.2) is 9.50 Å². The number of benzene rings is 1. The van der Waals surface area contributed by atoms with Crippen LogP contribution in [0.5, 0.6) is 5.75 Å². The number of halogens is 3. The molecule has 0 fully saturated rings. The Kier molecular flexibility index (Phi) is 6.84. The maximum absolute atomic E-state index is 12.9. The third-order valence-electron chi connectivity index (χ3n) is 5.09. The number of hydrogen-bond donors (Lipinski definition) is 2. The van der Waals surface area contributed by atoms with Crippen molar-refractivity contribution in [2.45, 2.75) is 46.7 Å². The second kappa shape index (κ2) is 9.43. The summed E-state index contributed by atoms with van der Waals surface area (Å²) in [5, 5.41) is 3.47. The van der Waals surface area contributed by atoms with Crippen LogP contribution in [-0.4, -0.2) is 38.0 Å². The number of hydrazine groups is 1. The highest BCUT2D eigenvalue weighted by Crippen LogP contribution is 2.27. The first-order valence-electron chi connectivity index (χ1n) is 10.0. The molecule has 2 aromatic heterocycles. The Balaban J connectivity index is 1.53. The van der Waals surface area contributed by atoms with E-state index in [1.165, 1.54) is 0 Å². The molecule has 3 aromatic rings. The molecule has 0 aliphatic carbocycles. The van der Waals surface area contributed by atoms with E-state index in [2.05, 4.69) is 25.9 Å². The first-order chi connectivity index (χ1) is 15.5. The van der Waals surface area contributed by atoms with Crippen molar-refractivity contribution in [3.05, 3.63) is 52.1 Å². The van der Waals surface area contributed by atoms with Crippen molar-refractivity contribution in [3.63, 3.8) is 0 Å². The largest absolute Gasteiger partial charge is 0.484 e. The first kappa shape index (κ1) is 24.0. The first-order valence-corrected chi connectivity index (χ1v) is 10.0. The summed E-state index contributed by atoms with van der Waals surface area (Å²) in [6.45, 7) is 6.81. The van der Waals surface area contributed by atoms with Gasteiger partial charge in [0.2, 0.25) is 5.91 Å². The monoisotopic (exact) mass is 464 g/mol. The molecule has 9 nitrogen and oxygen atoms in total. The molecule has 3 rings (SSSR count). The molecule has 0 saturated carbocycles. The summed E-state index contributed by atoms with van der Waals surface area (Å²) in [7, 11) is 0. The minimum atomic E-state index is -4.69. The van der Waals surface area contributed by atoms with Gasteiger partial charge in [-0.15, -0.1) is 5.10 Å². The number of carbonyl (C=O) groups is 2. The van der Waals surface area contributed by atoms with Gasteiger partial charge >= 0.3 is 6.18 Å². The maximum Gasteiger partial charge on any atom is 0.453 e. The average Bonchev–Trinajstić information content (AvgIpc) is 3.17. The van der Waals surface area contributed by atoms with Gasteiger partial charge in [-0.2, -0.15) is 18.2 Å². The van der Waals surface area contributed by atoms with Crippen LogP contribution >= 0.6 is 0 Å². The van der Waals surface area contributed by atoms with Crippen LogP contribution in [0.15, 0.2) is 18.2 Å². The van der Waals surface area contributed by atoms with Crippen LogP contribution < -0.4 is 15.6 Å². The lowest BCUT2D eigenvalue weighted by atomic mass is 10.1. The molecule has 0 bridgehead atoms. The number of carbonyl (C=O) groups excluding carboxylic acids is 2. The molecular weight excluding hydrogens is 441 g/mol. The Morgan fingerprint density at radius 3 is 2.39 bits per heavy atom. The summed E-state index contributed by atoms with van der Waals surface area (Å²) in [4.78, 5) is 31.5. The standard InChI is InChI=1S/C21H23F3N6O3/c1-11-5-6-15(9-12(11)2)33-10-18(32)28-27-17(31)8-7-16-13(3)25-20-26-19(21(22,23)24)29-30(20)14(16)4/h5-6,9H,7-8,10H2,1-4H3,(H,27,31)(H,28,32). The van der Waals surface area contributed by atoms with Crippen LogP contribution in [0.3, 0.4) is 0 Å². The number of nitrogens with zero attached hydrogens (tertiary/aromatic N) is 4. The van der Waals surface area contributed by atoms with E-state index in [4.69, 9.17) is 4.74 Å². The third kappa shape index (κ3) is 5.76. The Morgan fingerprint density at radius 1 is 1.03 bits per heavy atom. The van der Waals surface area contributed by atoms with Gasteiger partial charge < -0.3 is 4.74 Å². The van der Waals surface area contributed by atoms with E-state index in [9.17, 15) is 22.8 Å².